The molecule has 2 N–H and O–H groups in total. The minimum Gasteiger partial charge on any atom is -0.481 e. The van der Waals surface area contributed by atoms with Crippen molar-refractivity contribution in [2.45, 2.75) is 18.7 Å². The van der Waals surface area contributed by atoms with E-state index in [1.807, 2.05) is 0 Å². The molecular formula is C12H14O7S. The summed E-state index contributed by atoms with van der Waals surface area (Å²) < 4.78 is 36.0. The van der Waals surface area contributed by atoms with Crippen LogP contribution in [0.2, 0.25) is 0 Å². The quantitative estimate of drug-likeness (QED) is 0.619. The second kappa shape index (κ2) is 5.59. The molecule has 7 nitrogen and oxygen atoms in total. The first-order chi connectivity index (χ1) is 9.05. The molecule has 0 bridgehead atoms. The molecule has 20 heavy (non-hydrogen) atoms. The molecule has 1 aromatic rings. The lowest BCUT2D eigenvalue weighted by atomic mass is 9.95. The summed E-state index contributed by atoms with van der Waals surface area (Å²) in [6.45, 7) is 2.29. The molecule has 0 aliphatic rings. The van der Waals surface area contributed by atoms with Gasteiger partial charge in [-0.2, -0.15) is 8.42 Å². The topological polar surface area (TPSA) is 118 Å². The van der Waals surface area contributed by atoms with E-state index in [0.717, 1.165) is 6.07 Å². The molecule has 0 atom stereocenters. The minimum atomic E-state index is -4.57. The predicted molar refractivity (Wildman–Crippen MR) is 68.0 cm³/mol. The summed E-state index contributed by atoms with van der Waals surface area (Å²) in [5.41, 5.74) is -1.65. The largest absolute Gasteiger partial charge is 0.481 e. The van der Waals surface area contributed by atoms with Crippen LogP contribution < -0.4 is 0 Å². The van der Waals surface area contributed by atoms with Crippen molar-refractivity contribution in [3.05, 3.63) is 29.8 Å². The van der Waals surface area contributed by atoms with Gasteiger partial charge in [-0.1, -0.05) is 12.1 Å². The van der Waals surface area contributed by atoms with Gasteiger partial charge in [0.2, 0.25) is 0 Å². The Kier molecular flexibility index (Phi) is 4.51. The highest BCUT2D eigenvalue weighted by Crippen LogP contribution is 2.19. The molecule has 8 heteroatoms. The van der Waals surface area contributed by atoms with Crippen molar-refractivity contribution in [2.24, 2.45) is 5.41 Å². The average Bonchev–Trinajstić information content (AvgIpc) is 2.35. The van der Waals surface area contributed by atoms with E-state index in [-0.39, 0.29) is 5.56 Å². The van der Waals surface area contributed by atoms with Gasteiger partial charge < -0.3 is 9.84 Å². The van der Waals surface area contributed by atoms with E-state index in [1.165, 1.54) is 32.0 Å². The van der Waals surface area contributed by atoms with Gasteiger partial charge in [-0.3, -0.25) is 9.35 Å². The second-order valence-electron chi connectivity index (χ2n) is 4.74. The van der Waals surface area contributed by atoms with Crippen LogP contribution in [0, 0.1) is 5.41 Å². The number of esters is 1. The van der Waals surface area contributed by atoms with Gasteiger partial charge in [0, 0.05) is 0 Å². The number of hydrogen-bond acceptors (Lipinski definition) is 5. The second-order valence-corrected chi connectivity index (χ2v) is 6.13. The van der Waals surface area contributed by atoms with E-state index in [1.54, 1.807) is 0 Å². The Balaban J connectivity index is 2.98. The number of carboxylic acid groups (broad SMARTS) is 1. The van der Waals surface area contributed by atoms with Crippen molar-refractivity contribution in [3.63, 3.8) is 0 Å². The number of ether oxygens (including phenoxy) is 1. The van der Waals surface area contributed by atoms with Crippen LogP contribution in [-0.4, -0.2) is 36.6 Å². The van der Waals surface area contributed by atoms with Crippen LogP contribution in [0.25, 0.3) is 0 Å². The number of benzene rings is 1. The standard InChI is InChI=1S/C12H14O7S/c1-12(2,11(14)15)7-19-10(13)8-5-3-4-6-9(8)20(16,17)18/h3-6H,7H2,1-2H3,(H,14,15)(H,16,17,18). The van der Waals surface area contributed by atoms with Crippen LogP contribution in [0.4, 0.5) is 0 Å². The van der Waals surface area contributed by atoms with E-state index in [0.29, 0.717) is 0 Å². The zero-order valence-corrected chi connectivity index (χ0v) is 11.7. The number of carbonyl (C=O) groups is 2. The van der Waals surface area contributed by atoms with Crippen LogP contribution in [0.15, 0.2) is 29.2 Å². The highest BCUT2D eigenvalue weighted by Gasteiger charge is 2.30. The predicted octanol–water partition coefficient (Wildman–Crippen LogP) is 1.20. The van der Waals surface area contributed by atoms with Gasteiger partial charge >= 0.3 is 11.9 Å². The third-order valence-electron chi connectivity index (χ3n) is 2.53. The fraction of sp³-hybridized carbons (Fsp3) is 0.333. The molecule has 0 aliphatic heterocycles. The third-order valence-corrected chi connectivity index (χ3v) is 3.44. The first kappa shape index (κ1) is 16.1. The molecule has 0 amide bonds. The molecular weight excluding hydrogens is 288 g/mol. The van der Waals surface area contributed by atoms with Crippen molar-refractivity contribution in [1.82, 2.24) is 0 Å². The summed E-state index contributed by atoms with van der Waals surface area (Å²) in [6, 6.07) is 4.95. The van der Waals surface area contributed by atoms with Crippen LogP contribution >= 0.6 is 0 Å². The van der Waals surface area contributed by atoms with E-state index >= 15 is 0 Å². The van der Waals surface area contributed by atoms with Gasteiger partial charge in [-0.15, -0.1) is 0 Å². The summed E-state index contributed by atoms with van der Waals surface area (Å²) in [5.74, 6) is -2.18. The lowest BCUT2D eigenvalue weighted by Crippen LogP contribution is -2.30. The van der Waals surface area contributed by atoms with E-state index in [2.05, 4.69) is 0 Å². The Morgan fingerprint density at radius 3 is 2.30 bits per heavy atom. The zero-order valence-electron chi connectivity index (χ0n) is 10.9. The number of aliphatic carboxylic acids is 1. The number of carbonyl (C=O) groups excluding carboxylic acids is 1. The number of carboxylic acids is 1. The lowest BCUT2D eigenvalue weighted by molar-refractivity contribution is -0.149. The van der Waals surface area contributed by atoms with E-state index < -0.39 is 39.0 Å². The summed E-state index contributed by atoms with van der Waals surface area (Å²) in [7, 11) is -4.57. The summed E-state index contributed by atoms with van der Waals surface area (Å²) in [4.78, 5) is 22.1. The SMILES string of the molecule is CC(C)(COC(=O)c1ccccc1S(=O)(=O)O)C(=O)O. The monoisotopic (exact) mass is 302 g/mol. The summed E-state index contributed by atoms with van der Waals surface area (Å²) in [5, 5.41) is 8.88. The Morgan fingerprint density at radius 2 is 1.80 bits per heavy atom. The average molecular weight is 302 g/mol. The van der Waals surface area contributed by atoms with E-state index in [4.69, 9.17) is 14.4 Å². The van der Waals surface area contributed by atoms with Crippen molar-refractivity contribution in [3.8, 4) is 0 Å². The van der Waals surface area contributed by atoms with Crippen LogP contribution in [0.3, 0.4) is 0 Å². The molecule has 0 saturated heterocycles. The summed E-state index contributed by atoms with van der Waals surface area (Å²) >= 11 is 0. The van der Waals surface area contributed by atoms with Gasteiger partial charge in [0.15, 0.2) is 0 Å². The van der Waals surface area contributed by atoms with Crippen molar-refractivity contribution in [1.29, 1.82) is 0 Å². The zero-order chi connectivity index (χ0) is 15.6. The highest BCUT2D eigenvalue weighted by atomic mass is 32.2. The van der Waals surface area contributed by atoms with Crippen LogP contribution in [-0.2, 0) is 19.6 Å². The molecule has 0 heterocycles. The molecule has 0 saturated carbocycles. The minimum absolute atomic E-state index is 0.351. The fourth-order valence-corrected chi connectivity index (χ4v) is 1.93. The Bertz CT molecular complexity index is 631. The fourth-order valence-electron chi connectivity index (χ4n) is 1.25. The van der Waals surface area contributed by atoms with E-state index in [9.17, 15) is 18.0 Å². The molecule has 0 radical (unpaired) electrons. The molecule has 1 aromatic carbocycles. The molecule has 110 valence electrons. The van der Waals surface area contributed by atoms with Crippen LogP contribution in [0.1, 0.15) is 24.2 Å². The van der Waals surface area contributed by atoms with Gasteiger partial charge in [-0.25, -0.2) is 4.79 Å². The molecule has 0 aliphatic carbocycles. The maximum absolute atomic E-state index is 11.8. The van der Waals surface area contributed by atoms with Crippen molar-refractivity contribution < 1.29 is 32.4 Å². The first-order valence-corrected chi connectivity index (χ1v) is 6.97. The Morgan fingerprint density at radius 1 is 1.25 bits per heavy atom. The maximum atomic E-state index is 11.8. The molecule has 1 rings (SSSR count). The molecule has 0 fully saturated rings. The first-order valence-electron chi connectivity index (χ1n) is 5.53. The third kappa shape index (κ3) is 3.78. The Labute approximate surface area is 115 Å². The maximum Gasteiger partial charge on any atom is 0.339 e. The highest BCUT2D eigenvalue weighted by molar-refractivity contribution is 7.86. The van der Waals surface area contributed by atoms with Gasteiger partial charge in [0.25, 0.3) is 10.1 Å². The van der Waals surface area contributed by atoms with Gasteiger partial charge in [-0.05, 0) is 26.0 Å². The van der Waals surface area contributed by atoms with Gasteiger partial charge in [0.1, 0.15) is 11.5 Å². The molecule has 0 unspecified atom stereocenters. The number of hydrogen-bond donors (Lipinski definition) is 2. The summed E-state index contributed by atoms with van der Waals surface area (Å²) in [6.07, 6.45) is 0. The van der Waals surface area contributed by atoms with Gasteiger partial charge in [0.05, 0.1) is 11.0 Å². The lowest BCUT2D eigenvalue weighted by Gasteiger charge is -2.18. The van der Waals surface area contributed by atoms with Crippen molar-refractivity contribution >= 4 is 22.1 Å². The smallest absolute Gasteiger partial charge is 0.339 e. The molecule has 0 aromatic heterocycles. The normalized spacial score (nSPS) is 11.9. The Hall–Kier alpha value is -1.93. The van der Waals surface area contributed by atoms with Crippen LogP contribution in [0.5, 0.6) is 0 Å². The molecule has 0 spiro atoms. The van der Waals surface area contributed by atoms with Crippen molar-refractivity contribution in [2.75, 3.05) is 6.61 Å². The number of rotatable bonds is 5.